The number of ether oxygens (including phenoxy) is 1. The molecule has 0 saturated heterocycles. The van der Waals surface area contributed by atoms with E-state index < -0.39 is 5.79 Å². The molecule has 1 aliphatic rings. The summed E-state index contributed by atoms with van der Waals surface area (Å²) in [5.41, 5.74) is 3.37. The highest BCUT2D eigenvalue weighted by atomic mass is 17.1. The van der Waals surface area contributed by atoms with Crippen molar-refractivity contribution in [3.8, 4) is 0 Å². The predicted octanol–water partition coefficient (Wildman–Crippen LogP) is 7.03. The van der Waals surface area contributed by atoms with E-state index >= 15 is 0 Å². The van der Waals surface area contributed by atoms with Crippen molar-refractivity contribution in [2.45, 2.75) is 83.8 Å². The van der Waals surface area contributed by atoms with Crippen molar-refractivity contribution in [1.29, 1.82) is 0 Å². The summed E-state index contributed by atoms with van der Waals surface area (Å²) in [6.07, 6.45) is 11.2. The van der Waals surface area contributed by atoms with Crippen LogP contribution in [-0.2, 0) is 21.8 Å². The number of hydrogen-bond acceptors (Lipinski definition) is 4. The highest BCUT2D eigenvalue weighted by Crippen LogP contribution is 2.43. The van der Waals surface area contributed by atoms with Crippen LogP contribution >= 0.6 is 0 Å². The van der Waals surface area contributed by atoms with Gasteiger partial charge in [-0.3, -0.25) is 4.79 Å². The molecule has 0 bridgehead atoms. The molecule has 0 saturated carbocycles. The lowest BCUT2D eigenvalue weighted by Gasteiger charge is -2.37. The fourth-order valence-electron chi connectivity index (χ4n) is 4.44. The van der Waals surface area contributed by atoms with Crippen molar-refractivity contribution in [2.24, 2.45) is 0 Å². The molecule has 31 heavy (non-hydrogen) atoms. The molecule has 0 aliphatic heterocycles. The molecule has 0 fully saturated rings. The molecule has 1 aliphatic carbocycles. The first-order valence-electron chi connectivity index (χ1n) is 11.9. The SMILES string of the molecule is CCCCCCCCOC1(OO)c2ccccc2C(=O)c2cc(CCCCC)ccc21. The lowest BCUT2D eigenvalue weighted by molar-refractivity contribution is -0.396. The molecule has 1 unspecified atom stereocenters. The normalized spacial score (nSPS) is 17.5. The van der Waals surface area contributed by atoms with Crippen LogP contribution in [0.2, 0.25) is 0 Å². The molecule has 0 heterocycles. The number of ketones is 1. The second-order valence-corrected chi connectivity index (χ2v) is 8.54. The lowest BCUT2D eigenvalue weighted by atomic mass is 9.79. The topological polar surface area (TPSA) is 55.8 Å². The van der Waals surface area contributed by atoms with E-state index in [0.29, 0.717) is 28.9 Å². The van der Waals surface area contributed by atoms with Gasteiger partial charge in [-0.15, -0.1) is 0 Å². The molecule has 1 N–H and O–H groups in total. The number of aryl methyl sites for hydroxylation is 1. The Morgan fingerprint density at radius 2 is 1.48 bits per heavy atom. The second-order valence-electron chi connectivity index (χ2n) is 8.54. The molecule has 0 aromatic heterocycles. The Labute approximate surface area is 186 Å². The summed E-state index contributed by atoms with van der Waals surface area (Å²) < 4.78 is 6.24. The maximum Gasteiger partial charge on any atom is 0.255 e. The van der Waals surface area contributed by atoms with E-state index in [1.54, 1.807) is 6.07 Å². The van der Waals surface area contributed by atoms with E-state index in [0.717, 1.165) is 37.7 Å². The molecule has 0 radical (unpaired) electrons. The molecule has 2 aromatic carbocycles. The van der Waals surface area contributed by atoms with Crippen LogP contribution in [-0.4, -0.2) is 17.6 Å². The van der Waals surface area contributed by atoms with Crippen LogP contribution in [0.4, 0.5) is 0 Å². The summed E-state index contributed by atoms with van der Waals surface area (Å²) in [6, 6.07) is 13.1. The minimum Gasteiger partial charge on any atom is -0.340 e. The number of carbonyl (C=O) groups excluding carboxylic acids is 1. The van der Waals surface area contributed by atoms with E-state index in [4.69, 9.17) is 9.62 Å². The van der Waals surface area contributed by atoms with Crippen LogP contribution in [0.25, 0.3) is 0 Å². The van der Waals surface area contributed by atoms with Crippen molar-refractivity contribution >= 4 is 5.78 Å². The van der Waals surface area contributed by atoms with Gasteiger partial charge in [-0.05, 0) is 30.9 Å². The molecule has 1 atom stereocenters. The molecular weight excluding hydrogens is 388 g/mol. The molecule has 3 rings (SSSR count). The summed E-state index contributed by atoms with van der Waals surface area (Å²) in [5.74, 6) is -1.51. The summed E-state index contributed by atoms with van der Waals surface area (Å²) >= 11 is 0. The first-order chi connectivity index (χ1) is 15.2. The maximum absolute atomic E-state index is 13.3. The van der Waals surface area contributed by atoms with Gasteiger partial charge in [-0.25, -0.2) is 5.26 Å². The standard InChI is InChI=1S/C27H36O4/c1-3-5-7-8-9-13-19-30-27(31-29)24-16-12-11-15-22(24)26(28)23-20-21(14-10-6-4-2)17-18-25(23)27/h11-12,15-18,20,29H,3-10,13-14,19H2,1-2H3. The zero-order valence-corrected chi connectivity index (χ0v) is 19.0. The third-order valence-electron chi connectivity index (χ3n) is 6.21. The van der Waals surface area contributed by atoms with Gasteiger partial charge in [0, 0.05) is 22.3 Å². The van der Waals surface area contributed by atoms with Crippen molar-refractivity contribution in [2.75, 3.05) is 6.61 Å². The van der Waals surface area contributed by atoms with Gasteiger partial charge in [0.05, 0.1) is 6.61 Å². The summed E-state index contributed by atoms with van der Waals surface area (Å²) in [5, 5.41) is 10.1. The zero-order chi connectivity index (χ0) is 22.1. The average Bonchev–Trinajstić information content (AvgIpc) is 2.81. The van der Waals surface area contributed by atoms with E-state index in [9.17, 15) is 10.1 Å². The summed E-state index contributed by atoms with van der Waals surface area (Å²) in [4.78, 5) is 18.4. The van der Waals surface area contributed by atoms with Gasteiger partial charge in [0.15, 0.2) is 5.78 Å². The maximum atomic E-state index is 13.3. The van der Waals surface area contributed by atoms with Gasteiger partial charge in [0.1, 0.15) is 0 Å². The van der Waals surface area contributed by atoms with E-state index in [2.05, 4.69) is 13.8 Å². The summed E-state index contributed by atoms with van der Waals surface area (Å²) in [6.45, 7) is 4.84. The Hall–Kier alpha value is -2.01. The third kappa shape index (κ3) is 5.25. The smallest absolute Gasteiger partial charge is 0.255 e. The first-order valence-corrected chi connectivity index (χ1v) is 11.9. The minimum atomic E-state index is -1.47. The summed E-state index contributed by atoms with van der Waals surface area (Å²) in [7, 11) is 0. The second kappa shape index (κ2) is 11.6. The molecular formula is C27H36O4. The zero-order valence-electron chi connectivity index (χ0n) is 19.0. The van der Waals surface area contributed by atoms with Crippen molar-refractivity contribution < 1.29 is 19.7 Å². The third-order valence-corrected chi connectivity index (χ3v) is 6.21. The van der Waals surface area contributed by atoms with Crippen LogP contribution in [0.1, 0.15) is 104 Å². The van der Waals surface area contributed by atoms with Gasteiger partial charge in [-0.2, -0.15) is 4.89 Å². The molecule has 168 valence electrons. The van der Waals surface area contributed by atoms with E-state index in [-0.39, 0.29) is 5.78 Å². The van der Waals surface area contributed by atoms with Crippen molar-refractivity contribution in [1.82, 2.24) is 0 Å². The Bertz CT molecular complexity index is 860. The van der Waals surface area contributed by atoms with Crippen LogP contribution in [0.5, 0.6) is 0 Å². The van der Waals surface area contributed by atoms with Gasteiger partial charge in [0.25, 0.3) is 5.79 Å². The highest BCUT2D eigenvalue weighted by molar-refractivity contribution is 6.13. The van der Waals surface area contributed by atoms with Crippen LogP contribution in [0.15, 0.2) is 42.5 Å². The van der Waals surface area contributed by atoms with Gasteiger partial charge >= 0.3 is 0 Å². The fraction of sp³-hybridized carbons (Fsp3) is 0.519. The average molecular weight is 425 g/mol. The molecule has 0 spiro atoms. The van der Waals surface area contributed by atoms with Gasteiger partial charge < -0.3 is 4.74 Å². The largest absolute Gasteiger partial charge is 0.340 e. The number of unbranched alkanes of at least 4 members (excludes halogenated alkanes) is 7. The number of rotatable bonds is 13. The molecule has 4 heteroatoms. The highest BCUT2D eigenvalue weighted by Gasteiger charge is 2.46. The van der Waals surface area contributed by atoms with E-state index in [1.165, 1.54) is 32.1 Å². The fourth-order valence-corrected chi connectivity index (χ4v) is 4.44. The van der Waals surface area contributed by atoms with Crippen molar-refractivity contribution in [3.63, 3.8) is 0 Å². The van der Waals surface area contributed by atoms with E-state index in [1.807, 2.05) is 36.4 Å². The van der Waals surface area contributed by atoms with Gasteiger partial charge in [-0.1, -0.05) is 95.2 Å². The number of carbonyl (C=O) groups is 1. The minimum absolute atomic E-state index is 0.0428. The Morgan fingerprint density at radius 3 is 2.26 bits per heavy atom. The monoisotopic (exact) mass is 424 g/mol. The number of hydrogen-bond donors (Lipinski definition) is 1. The van der Waals surface area contributed by atoms with Crippen LogP contribution < -0.4 is 0 Å². The lowest BCUT2D eigenvalue weighted by Crippen LogP contribution is -2.40. The Kier molecular flexibility index (Phi) is 8.82. The van der Waals surface area contributed by atoms with Crippen molar-refractivity contribution in [3.05, 3.63) is 70.3 Å². The molecule has 4 nitrogen and oxygen atoms in total. The number of fused-ring (bicyclic) bond motifs is 2. The quantitative estimate of drug-likeness (QED) is 0.162. The number of benzene rings is 2. The molecule has 2 aromatic rings. The Balaban J connectivity index is 1.86. The molecule has 0 amide bonds. The first kappa shape index (κ1) is 23.6. The predicted molar refractivity (Wildman–Crippen MR) is 123 cm³/mol. The van der Waals surface area contributed by atoms with Crippen LogP contribution in [0, 0.1) is 0 Å². The Morgan fingerprint density at radius 1 is 0.806 bits per heavy atom. The van der Waals surface area contributed by atoms with Gasteiger partial charge in [0.2, 0.25) is 0 Å². The van der Waals surface area contributed by atoms with Crippen LogP contribution in [0.3, 0.4) is 0 Å².